The number of amides is 2. The molecule has 1 heterocycles. The van der Waals surface area contributed by atoms with Gasteiger partial charge in [-0.2, -0.15) is 0 Å². The lowest BCUT2D eigenvalue weighted by Crippen LogP contribution is -2.42. The number of anilines is 1. The van der Waals surface area contributed by atoms with Gasteiger partial charge < -0.3 is 30.9 Å². The fourth-order valence-corrected chi connectivity index (χ4v) is 5.64. The molecule has 5 atom stereocenters. The van der Waals surface area contributed by atoms with Gasteiger partial charge in [0.1, 0.15) is 16.5 Å². The zero-order chi connectivity index (χ0) is 32.4. The van der Waals surface area contributed by atoms with Gasteiger partial charge in [0.25, 0.3) is 5.91 Å². The van der Waals surface area contributed by atoms with Gasteiger partial charge in [0.2, 0.25) is 5.91 Å². The van der Waals surface area contributed by atoms with E-state index in [1.165, 1.54) is 24.3 Å². The third kappa shape index (κ3) is 10.8. The van der Waals surface area contributed by atoms with E-state index in [4.69, 9.17) is 10.5 Å². The molecule has 0 saturated heterocycles. The lowest BCUT2D eigenvalue weighted by atomic mass is 9.95. The number of nitrogens with zero attached hydrogens (tertiary/aromatic N) is 2. The minimum Gasteiger partial charge on any atom is -0.506 e. The number of rotatable bonds is 16. The van der Waals surface area contributed by atoms with Crippen LogP contribution < -0.4 is 11.1 Å². The van der Waals surface area contributed by atoms with E-state index in [2.05, 4.69) is 10.3 Å². The Hall–Kier alpha value is -3.67. The van der Waals surface area contributed by atoms with Crippen molar-refractivity contribution < 1.29 is 34.1 Å². The van der Waals surface area contributed by atoms with E-state index in [9.17, 15) is 29.4 Å². The molecule has 12 heteroatoms. The van der Waals surface area contributed by atoms with Gasteiger partial charge in [0, 0.05) is 44.3 Å². The van der Waals surface area contributed by atoms with Crippen molar-refractivity contribution in [2.45, 2.75) is 91.8 Å². The maximum atomic E-state index is 13.3. The van der Waals surface area contributed by atoms with E-state index in [1.807, 2.05) is 27.7 Å². The molecule has 0 aliphatic rings. The third-order valence-corrected chi connectivity index (χ3v) is 8.58. The quantitative estimate of drug-likeness (QED) is 0.117. The van der Waals surface area contributed by atoms with Crippen molar-refractivity contribution in [3.8, 4) is 5.75 Å². The number of phenolic OH excluding ortho intramolecular Hbond substituents is 1. The topological polar surface area (TPSA) is 172 Å². The first-order chi connectivity index (χ1) is 20.1. The molecule has 238 valence electrons. The average Bonchev–Trinajstić information content (AvgIpc) is 3.42. The van der Waals surface area contributed by atoms with E-state index >= 15 is 0 Å². The standard InChI is InChI=1S/C31H46N4O7S/c1-8-18(4)11-28(38)35(7)25(17(2)3)15-27(42-20(6)36)30-34-24(16-43-30)29(39)33-22(12-19(5)31(40)41)13-21-9-10-26(37)23(32)14-21/h9-10,14,16-19,22,25,27,37H,8,11-13,15,32H2,1-7H3,(H,33,39)(H,40,41)/t18-,19?,22+,25+,27+/m0/s1. The summed E-state index contributed by atoms with van der Waals surface area (Å²) in [5.41, 5.74) is 6.83. The van der Waals surface area contributed by atoms with Gasteiger partial charge in [0.05, 0.1) is 11.6 Å². The number of aromatic hydroxyl groups is 1. The molecule has 11 nitrogen and oxygen atoms in total. The first-order valence-electron chi connectivity index (χ1n) is 14.6. The lowest BCUT2D eigenvalue weighted by Gasteiger charge is -2.34. The monoisotopic (exact) mass is 618 g/mol. The van der Waals surface area contributed by atoms with Gasteiger partial charge in [-0.25, -0.2) is 4.98 Å². The predicted molar refractivity (Wildman–Crippen MR) is 166 cm³/mol. The first-order valence-corrected chi connectivity index (χ1v) is 15.5. The van der Waals surface area contributed by atoms with Crippen molar-refractivity contribution in [2.75, 3.05) is 12.8 Å². The van der Waals surface area contributed by atoms with Crippen LogP contribution in [-0.4, -0.2) is 63.0 Å². The Bertz CT molecular complexity index is 1260. The molecule has 5 N–H and O–H groups in total. The zero-order valence-electron chi connectivity index (χ0n) is 26.1. The summed E-state index contributed by atoms with van der Waals surface area (Å²) in [6.07, 6.45) is 1.31. The van der Waals surface area contributed by atoms with Gasteiger partial charge in [-0.15, -0.1) is 11.3 Å². The van der Waals surface area contributed by atoms with Gasteiger partial charge in [-0.1, -0.05) is 47.1 Å². The number of ether oxygens (including phenoxy) is 1. The van der Waals surface area contributed by atoms with Crippen molar-refractivity contribution in [1.82, 2.24) is 15.2 Å². The average molecular weight is 619 g/mol. The third-order valence-electron chi connectivity index (χ3n) is 7.64. The molecule has 2 rings (SSSR count). The molecule has 1 aromatic carbocycles. The number of carboxylic acid groups (broad SMARTS) is 1. The van der Waals surface area contributed by atoms with Crippen LogP contribution in [0.4, 0.5) is 5.69 Å². The number of thiazole rings is 1. The van der Waals surface area contributed by atoms with Crippen LogP contribution in [0, 0.1) is 17.8 Å². The zero-order valence-corrected chi connectivity index (χ0v) is 26.9. The SMILES string of the molecule is CC[C@H](C)CC(=O)N(C)[C@H](C[C@@H](OC(C)=O)c1nc(C(=O)N[C@@H](Cc2ccc(O)c(N)c2)CC(C)C(=O)O)cs1)C(C)C. The van der Waals surface area contributed by atoms with E-state index < -0.39 is 35.9 Å². The van der Waals surface area contributed by atoms with E-state index in [0.717, 1.165) is 12.0 Å². The van der Waals surface area contributed by atoms with E-state index in [-0.39, 0.29) is 53.8 Å². The van der Waals surface area contributed by atoms with Crippen LogP contribution >= 0.6 is 11.3 Å². The molecule has 2 aromatic rings. The summed E-state index contributed by atoms with van der Waals surface area (Å²) in [6, 6.07) is 3.90. The molecule has 1 aromatic heterocycles. The van der Waals surface area contributed by atoms with Crippen molar-refractivity contribution >= 4 is 40.8 Å². The molecule has 0 aliphatic carbocycles. The van der Waals surface area contributed by atoms with Crippen molar-refractivity contribution in [2.24, 2.45) is 17.8 Å². The second-order valence-corrected chi connectivity index (χ2v) is 12.6. The Balaban J connectivity index is 2.27. The molecule has 0 bridgehead atoms. The summed E-state index contributed by atoms with van der Waals surface area (Å²) in [4.78, 5) is 56.1. The summed E-state index contributed by atoms with van der Waals surface area (Å²) < 4.78 is 5.64. The number of carboxylic acids is 1. The summed E-state index contributed by atoms with van der Waals surface area (Å²) >= 11 is 1.18. The minimum atomic E-state index is -0.989. The van der Waals surface area contributed by atoms with Gasteiger partial charge in [-0.3, -0.25) is 19.2 Å². The first kappa shape index (κ1) is 35.5. The van der Waals surface area contributed by atoms with Crippen LogP contribution in [0.15, 0.2) is 23.6 Å². The van der Waals surface area contributed by atoms with E-state index in [1.54, 1.807) is 36.4 Å². The molecule has 2 amide bonds. The number of benzene rings is 1. The van der Waals surface area contributed by atoms with Crippen molar-refractivity contribution in [3.63, 3.8) is 0 Å². The lowest BCUT2D eigenvalue weighted by molar-refractivity contribution is -0.148. The second-order valence-electron chi connectivity index (χ2n) is 11.7. The highest BCUT2D eigenvalue weighted by Gasteiger charge is 2.31. The van der Waals surface area contributed by atoms with Crippen LogP contribution in [0.25, 0.3) is 0 Å². The highest BCUT2D eigenvalue weighted by atomic mass is 32.1. The minimum absolute atomic E-state index is 0.0193. The van der Waals surface area contributed by atoms with Crippen LogP contribution in [0.1, 0.15) is 94.4 Å². The van der Waals surface area contributed by atoms with Crippen molar-refractivity contribution in [3.05, 3.63) is 39.8 Å². The molecule has 0 saturated carbocycles. The number of nitrogen functional groups attached to an aromatic ring is 1. The van der Waals surface area contributed by atoms with Crippen molar-refractivity contribution in [1.29, 1.82) is 0 Å². The number of nitrogens with two attached hydrogens (primary N) is 1. The fraction of sp³-hybridized carbons (Fsp3) is 0.581. The van der Waals surface area contributed by atoms with Gasteiger partial charge in [0.15, 0.2) is 6.10 Å². The number of esters is 1. The Morgan fingerprint density at radius 2 is 1.81 bits per heavy atom. The molecular formula is C31H46N4O7S. The summed E-state index contributed by atoms with van der Waals surface area (Å²) in [5, 5.41) is 24.1. The van der Waals surface area contributed by atoms with Crippen LogP contribution in [0.3, 0.4) is 0 Å². The van der Waals surface area contributed by atoms with Crippen LogP contribution in [0.2, 0.25) is 0 Å². The van der Waals surface area contributed by atoms with E-state index in [0.29, 0.717) is 17.8 Å². The predicted octanol–water partition coefficient (Wildman–Crippen LogP) is 4.80. The molecule has 43 heavy (non-hydrogen) atoms. The fourth-order valence-electron chi connectivity index (χ4n) is 4.80. The number of aromatic nitrogens is 1. The Morgan fingerprint density at radius 1 is 1.14 bits per heavy atom. The van der Waals surface area contributed by atoms with Gasteiger partial charge >= 0.3 is 11.9 Å². The van der Waals surface area contributed by atoms with Gasteiger partial charge in [-0.05, 0) is 42.4 Å². The molecule has 0 radical (unpaired) electrons. The largest absolute Gasteiger partial charge is 0.506 e. The number of carbonyl (C=O) groups is 4. The number of phenols is 1. The number of aliphatic carboxylic acids is 1. The summed E-state index contributed by atoms with van der Waals surface area (Å²) in [6.45, 7) is 11.0. The Morgan fingerprint density at radius 3 is 2.37 bits per heavy atom. The molecule has 0 spiro atoms. The molecular weight excluding hydrogens is 572 g/mol. The highest BCUT2D eigenvalue weighted by Crippen LogP contribution is 2.31. The van der Waals surface area contributed by atoms with Crippen LogP contribution in [-0.2, 0) is 25.5 Å². The smallest absolute Gasteiger partial charge is 0.306 e. The summed E-state index contributed by atoms with van der Waals surface area (Å²) in [5.74, 6) is -2.45. The maximum absolute atomic E-state index is 13.3. The summed E-state index contributed by atoms with van der Waals surface area (Å²) in [7, 11) is 1.76. The highest BCUT2D eigenvalue weighted by molar-refractivity contribution is 7.09. The number of hydrogen-bond acceptors (Lipinski definition) is 9. The Labute approximate surface area is 257 Å². The Kier molecular flexibility index (Phi) is 13.4. The number of hydrogen-bond donors (Lipinski definition) is 4. The maximum Gasteiger partial charge on any atom is 0.306 e. The second kappa shape index (κ2) is 16.3. The molecule has 0 fully saturated rings. The number of carbonyl (C=O) groups excluding carboxylic acids is 3. The normalized spacial score (nSPS) is 14.8. The number of nitrogens with one attached hydrogen (secondary N) is 1. The molecule has 0 aliphatic heterocycles. The van der Waals surface area contributed by atoms with Crippen LogP contribution in [0.5, 0.6) is 5.75 Å². The molecule has 1 unspecified atom stereocenters.